The van der Waals surface area contributed by atoms with E-state index in [0.717, 1.165) is 14.5 Å². The van der Waals surface area contributed by atoms with Gasteiger partial charge in [-0.3, -0.25) is 9.59 Å². The van der Waals surface area contributed by atoms with E-state index in [4.69, 9.17) is 34.8 Å². The first kappa shape index (κ1) is 24.5. The van der Waals surface area contributed by atoms with E-state index < -0.39 is 27.9 Å². The normalized spacial score (nSPS) is 18.5. The predicted octanol–water partition coefficient (Wildman–Crippen LogP) is 7.78. The lowest BCUT2D eigenvalue weighted by atomic mass is 10.1. The van der Waals surface area contributed by atoms with Crippen LogP contribution in [-0.2, 0) is 4.79 Å². The van der Waals surface area contributed by atoms with Crippen LogP contribution in [0, 0.1) is 11.7 Å². The molecule has 10 heteroatoms. The van der Waals surface area contributed by atoms with Crippen molar-refractivity contribution in [3.05, 3.63) is 91.6 Å². The highest BCUT2D eigenvalue weighted by Gasteiger charge is 2.67. The summed E-state index contributed by atoms with van der Waals surface area (Å²) in [6.45, 7) is 0. The number of hydrogen-bond acceptors (Lipinski definition) is 2. The summed E-state index contributed by atoms with van der Waals surface area (Å²) in [7, 11) is 0. The van der Waals surface area contributed by atoms with Crippen LogP contribution < -0.4 is 10.6 Å². The lowest BCUT2D eigenvalue weighted by Gasteiger charge is -2.10. The van der Waals surface area contributed by atoms with Gasteiger partial charge in [-0.05, 0) is 66.2 Å². The second-order valence-electron chi connectivity index (χ2n) is 7.48. The molecule has 0 spiro atoms. The zero-order chi connectivity index (χ0) is 23.9. The molecule has 2 atom stereocenters. The van der Waals surface area contributed by atoms with Gasteiger partial charge in [-0.25, -0.2) is 4.39 Å². The fourth-order valence-corrected chi connectivity index (χ4v) is 5.91. The summed E-state index contributed by atoms with van der Waals surface area (Å²) >= 11 is 25.9. The van der Waals surface area contributed by atoms with Crippen molar-refractivity contribution in [3.8, 4) is 0 Å². The third-order valence-corrected chi connectivity index (χ3v) is 7.35. The van der Waals surface area contributed by atoms with E-state index in [1.165, 1.54) is 36.4 Å². The molecule has 0 radical (unpaired) electrons. The highest BCUT2D eigenvalue weighted by molar-refractivity contribution is 9.11. The topological polar surface area (TPSA) is 58.2 Å². The monoisotopic (exact) mass is 632 g/mol. The number of amides is 2. The summed E-state index contributed by atoms with van der Waals surface area (Å²) in [4.78, 5) is 25.6. The Bertz CT molecular complexity index is 1230. The number of hydrogen-bond donors (Lipinski definition) is 2. The van der Waals surface area contributed by atoms with Gasteiger partial charge in [0.2, 0.25) is 5.91 Å². The van der Waals surface area contributed by atoms with E-state index in [9.17, 15) is 14.0 Å². The first-order valence-corrected chi connectivity index (χ1v) is 12.3. The van der Waals surface area contributed by atoms with Gasteiger partial charge in [0, 0.05) is 26.2 Å². The van der Waals surface area contributed by atoms with Crippen molar-refractivity contribution in [2.45, 2.75) is 10.3 Å². The van der Waals surface area contributed by atoms with Crippen LogP contribution in [0.1, 0.15) is 21.8 Å². The second-order valence-corrected chi connectivity index (χ2v) is 11.2. The summed E-state index contributed by atoms with van der Waals surface area (Å²) in [5, 5.41) is 5.60. The van der Waals surface area contributed by atoms with Crippen molar-refractivity contribution in [2.24, 2.45) is 5.92 Å². The minimum Gasteiger partial charge on any atom is -0.326 e. The number of carbonyl (C=O) groups is 2. The minimum atomic E-state index is -1.26. The molecule has 2 amide bonds. The van der Waals surface area contributed by atoms with Crippen LogP contribution >= 0.6 is 66.7 Å². The molecule has 4 nitrogen and oxygen atoms in total. The summed E-state index contributed by atoms with van der Waals surface area (Å²) < 4.78 is 13.5. The molecule has 1 aliphatic carbocycles. The molecule has 4 rings (SSSR count). The summed E-state index contributed by atoms with van der Waals surface area (Å²) in [5.74, 6) is -2.39. The fourth-order valence-electron chi connectivity index (χ4n) is 3.55. The van der Waals surface area contributed by atoms with Gasteiger partial charge in [0.25, 0.3) is 5.91 Å². The highest BCUT2D eigenvalue weighted by Crippen LogP contribution is 2.65. The predicted molar refractivity (Wildman–Crippen MR) is 137 cm³/mol. The van der Waals surface area contributed by atoms with Crippen LogP contribution in [0.3, 0.4) is 0 Å². The smallest absolute Gasteiger partial charge is 0.257 e. The Kier molecular flexibility index (Phi) is 7.08. The van der Waals surface area contributed by atoms with Crippen LogP contribution in [-0.4, -0.2) is 16.1 Å². The Morgan fingerprint density at radius 1 is 0.879 bits per heavy atom. The zero-order valence-corrected chi connectivity index (χ0v) is 22.0. The molecule has 3 aromatic rings. The van der Waals surface area contributed by atoms with Gasteiger partial charge >= 0.3 is 0 Å². The number of carbonyl (C=O) groups excluding carboxylic acids is 2. The summed E-state index contributed by atoms with van der Waals surface area (Å²) in [6, 6.07) is 15.5. The Balaban J connectivity index is 1.50. The van der Waals surface area contributed by atoms with E-state index in [0.29, 0.717) is 11.4 Å². The SMILES string of the molecule is O=C(Nc1ccc(F)cc1)c1cc(NC(=O)[C@@H]2[C@@H](c3cc(Br)cc(Br)c3)C2(Cl)Cl)ccc1Cl. The van der Waals surface area contributed by atoms with Gasteiger partial charge in [-0.15, -0.1) is 23.2 Å². The standard InChI is InChI=1S/C23H14Br2Cl3FN2O2/c24-12-7-11(8-13(25)9-12)19-20(23(19,27)28)22(33)31-16-5-6-18(26)17(10-16)21(32)30-15-3-1-14(29)2-4-15/h1-10,19-20H,(H,30,32)(H,31,33)/t19-,20+/m1/s1. The Labute approximate surface area is 221 Å². The lowest BCUT2D eigenvalue weighted by molar-refractivity contribution is -0.117. The van der Waals surface area contributed by atoms with Crippen LogP contribution in [0.15, 0.2) is 69.6 Å². The van der Waals surface area contributed by atoms with Gasteiger partial charge in [0.15, 0.2) is 0 Å². The number of alkyl halides is 2. The minimum absolute atomic E-state index is 0.144. The molecule has 0 saturated heterocycles. The fraction of sp³-hybridized carbons (Fsp3) is 0.130. The molecular weight excluding hydrogens is 621 g/mol. The van der Waals surface area contributed by atoms with Crippen molar-refractivity contribution in [1.29, 1.82) is 0 Å². The largest absolute Gasteiger partial charge is 0.326 e. The van der Waals surface area contributed by atoms with Crippen LogP contribution in [0.4, 0.5) is 15.8 Å². The first-order valence-electron chi connectivity index (χ1n) is 9.57. The van der Waals surface area contributed by atoms with Gasteiger partial charge in [0.05, 0.1) is 16.5 Å². The maximum atomic E-state index is 13.1. The number of rotatable bonds is 5. The van der Waals surface area contributed by atoms with Gasteiger partial charge in [-0.2, -0.15) is 0 Å². The Hall–Kier alpha value is -1.64. The Morgan fingerprint density at radius 3 is 2.12 bits per heavy atom. The van der Waals surface area contributed by atoms with E-state index >= 15 is 0 Å². The molecule has 3 aromatic carbocycles. The average Bonchev–Trinajstić information content (AvgIpc) is 3.32. The number of anilines is 2. The van der Waals surface area contributed by atoms with Crippen molar-refractivity contribution >= 4 is 89.9 Å². The molecule has 1 fully saturated rings. The molecular formula is C23H14Br2Cl3FN2O2. The summed E-state index contributed by atoms with van der Waals surface area (Å²) in [5.41, 5.74) is 1.72. The highest BCUT2D eigenvalue weighted by atomic mass is 79.9. The van der Waals surface area contributed by atoms with Crippen LogP contribution in [0.5, 0.6) is 0 Å². The van der Waals surface area contributed by atoms with E-state index in [2.05, 4.69) is 42.5 Å². The van der Waals surface area contributed by atoms with Gasteiger partial charge in [-0.1, -0.05) is 43.5 Å². The van der Waals surface area contributed by atoms with Crippen LogP contribution in [0.2, 0.25) is 5.02 Å². The molecule has 0 aromatic heterocycles. The van der Waals surface area contributed by atoms with Crippen molar-refractivity contribution in [2.75, 3.05) is 10.6 Å². The molecule has 170 valence electrons. The molecule has 1 aliphatic rings. The number of halogens is 6. The third kappa shape index (κ3) is 5.38. The first-order chi connectivity index (χ1) is 15.6. The van der Waals surface area contributed by atoms with Crippen molar-refractivity contribution in [3.63, 3.8) is 0 Å². The van der Waals surface area contributed by atoms with Gasteiger partial charge in [0.1, 0.15) is 10.2 Å². The number of benzene rings is 3. The molecule has 0 aliphatic heterocycles. The average molecular weight is 636 g/mol. The van der Waals surface area contributed by atoms with Crippen molar-refractivity contribution < 1.29 is 14.0 Å². The third-order valence-electron chi connectivity index (χ3n) is 5.16. The van der Waals surface area contributed by atoms with Crippen molar-refractivity contribution in [1.82, 2.24) is 0 Å². The van der Waals surface area contributed by atoms with E-state index in [1.807, 2.05) is 18.2 Å². The maximum absolute atomic E-state index is 13.1. The number of nitrogens with one attached hydrogen (secondary N) is 2. The maximum Gasteiger partial charge on any atom is 0.257 e. The quantitative estimate of drug-likeness (QED) is 0.282. The van der Waals surface area contributed by atoms with Gasteiger partial charge < -0.3 is 10.6 Å². The lowest BCUT2D eigenvalue weighted by Crippen LogP contribution is -2.18. The molecule has 2 N–H and O–H groups in total. The molecule has 0 unspecified atom stereocenters. The van der Waals surface area contributed by atoms with E-state index in [1.54, 1.807) is 6.07 Å². The van der Waals surface area contributed by atoms with Crippen LogP contribution in [0.25, 0.3) is 0 Å². The molecule has 0 bridgehead atoms. The van der Waals surface area contributed by atoms with E-state index in [-0.39, 0.29) is 16.5 Å². The Morgan fingerprint density at radius 2 is 1.48 bits per heavy atom. The summed E-state index contributed by atoms with van der Waals surface area (Å²) in [6.07, 6.45) is 0. The molecule has 1 saturated carbocycles. The molecule has 33 heavy (non-hydrogen) atoms. The second kappa shape index (κ2) is 9.55. The molecule has 0 heterocycles. The zero-order valence-electron chi connectivity index (χ0n) is 16.5.